The Morgan fingerprint density at radius 3 is 1.95 bits per heavy atom. The highest BCUT2D eigenvalue weighted by Gasteiger charge is 2.15. The van der Waals surface area contributed by atoms with Gasteiger partial charge in [-0.1, -0.05) is 60.7 Å². The molecule has 0 aromatic heterocycles. The summed E-state index contributed by atoms with van der Waals surface area (Å²) in [5.41, 5.74) is 8.46. The zero-order chi connectivity index (χ0) is 13.5. The first-order valence-electron chi connectivity index (χ1n) is 6.77. The number of hydrogen-bond donors (Lipinski definition) is 2. The maximum Gasteiger partial charge on any atom is 0.0731 e. The highest BCUT2D eigenvalue weighted by molar-refractivity contribution is 5.17. The number of benzene rings is 2. The van der Waals surface area contributed by atoms with Crippen LogP contribution < -0.4 is 5.73 Å². The largest absolute Gasteiger partial charge is 0.391 e. The van der Waals surface area contributed by atoms with Crippen LogP contribution in [0.15, 0.2) is 60.7 Å². The van der Waals surface area contributed by atoms with Gasteiger partial charge >= 0.3 is 0 Å². The molecule has 0 aliphatic heterocycles. The van der Waals surface area contributed by atoms with E-state index in [1.54, 1.807) is 0 Å². The molecule has 0 radical (unpaired) electrons. The zero-order valence-corrected chi connectivity index (χ0v) is 11.1. The second-order valence-electron chi connectivity index (χ2n) is 4.95. The van der Waals surface area contributed by atoms with Crippen LogP contribution in [-0.4, -0.2) is 17.3 Å². The molecule has 0 fully saturated rings. The van der Waals surface area contributed by atoms with Crippen molar-refractivity contribution in [3.05, 3.63) is 71.8 Å². The average Bonchev–Trinajstić information content (AvgIpc) is 2.47. The van der Waals surface area contributed by atoms with Crippen molar-refractivity contribution in [1.82, 2.24) is 0 Å². The normalized spacial score (nSPS) is 14.0. The lowest BCUT2D eigenvalue weighted by Crippen LogP contribution is -2.36. The summed E-state index contributed by atoms with van der Waals surface area (Å²) in [6.07, 6.45) is 1.86. The standard InChI is InChI=1S/C17H21NO/c18-16(12-11-14-7-3-1-4-8-14)17(19)13-15-9-5-2-6-10-15/h1-10,16-17,19H,11-13,18H2. The van der Waals surface area contributed by atoms with Crippen molar-refractivity contribution >= 4 is 0 Å². The van der Waals surface area contributed by atoms with Gasteiger partial charge in [0.05, 0.1) is 6.10 Å². The Hall–Kier alpha value is -1.64. The molecule has 2 aromatic rings. The Bertz CT molecular complexity index is 469. The molecule has 0 saturated carbocycles. The van der Waals surface area contributed by atoms with E-state index >= 15 is 0 Å². The number of nitrogens with two attached hydrogens (primary N) is 1. The van der Waals surface area contributed by atoms with Gasteiger partial charge in [-0.05, 0) is 30.4 Å². The molecule has 2 nitrogen and oxygen atoms in total. The van der Waals surface area contributed by atoms with Gasteiger partial charge in [0, 0.05) is 6.04 Å². The third kappa shape index (κ3) is 4.51. The minimum atomic E-state index is -0.480. The van der Waals surface area contributed by atoms with E-state index in [9.17, 15) is 5.11 Å². The molecule has 0 aliphatic carbocycles. The first-order valence-corrected chi connectivity index (χ1v) is 6.77. The third-order valence-electron chi connectivity index (χ3n) is 3.39. The summed E-state index contributed by atoms with van der Waals surface area (Å²) < 4.78 is 0. The van der Waals surface area contributed by atoms with Crippen molar-refractivity contribution in [2.75, 3.05) is 0 Å². The molecule has 3 N–H and O–H groups in total. The van der Waals surface area contributed by atoms with Crippen LogP contribution in [0.5, 0.6) is 0 Å². The fourth-order valence-corrected chi connectivity index (χ4v) is 2.18. The molecule has 0 spiro atoms. The van der Waals surface area contributed by atoms with Crippen molar-refractivity contribution in [2.45, 2.75) is 31.4 Å². The predicted octanol–water partition coefficient (Wildman–Crippen LogP) is 2.55. The van der Waals surface area contributed by atoms with Crippen LogP contribution in [0.2, 0.25) is 0 Å². The first-order chi connectivity index (χ1) is 9.25. The van der Waals surface area contributed by atoms with Crippen molar-refractivity contribution in [3.63, 3.8) is 0 Å². The van der Waals surface area contributed by atoms with Gasteiger partial charge in [-0.15, -0.1) is 0 Å². The van der Waals surface area contributed by atoms with E-state index in [4.69, 9.17) is 5.73 Å². The number of aliphatic hydroxyl groups excluding tert-OH is 1. The first kappa shape index (κ1) is 13.8. The zero-order valence-electron chi connectivity index (χ0n) is 11.1. The number of aliphatic hydroxyl groups is 1. The molecular weight excluding hydrogens is 234 g/mol. The second kappa shape index (κ2) is 7.07. The van der Waals surface area contributed by atoms with Gasteiger partial charge in [-0.25, -0.2) is 0 Å². The lowest BCUT2D eigenvalue weighted by Gasteiger charge is -2.19. The lowest BCUT2D eigenvalue weighted by molar-refractivity contribution is 0.140. The molecule has 0 amide bonds. The van der Waals surface area contributed by atoms with Crippen molar-refractivity contribution < 1.29 is 5.11 Å². The fraction of sp³-hybridized carbons (Fsp3) is 0.294. The minimum absolute atomic E-state index is 0.180. The highest BCUT2D eigenvalue weighted by Crippen LogP contribution is 2.10. The van der Waals surface area contributed by atoms with E-state index in [2.05, 4.69) is 12.1 Å². The summed E-state index contributed by atoms with van der Waals surface area (Å²) in [6.45, 7) is 0. The Labute approximate surface area is 114 Å². The van der Waals surface area contributed by atoms with E-state index in [0.29, 0.717) is 6.42 Å². The van der Waals surface area contributed by atoms with E-state index in [-0.39, 0.29) is 6.04 Å². The average molecular weight is 255 g/mol. The molecule has 2 aromatic carbocycles. The summed E-state index contributed by atoms with van der Waals surface area (Å²) in [4.78, 5) is 0. The lowest BCUT2D eigenvalue weighted by atomic mass is 9.97. The van der Waals surface area contributed by atoms with Gasteiger partial charge in [0.2, 0.25) is 0 Å². The maximum absolute atomic E-state index is 10.1. The van der Waals surface area contributed by atoms with E-state index in [1.807, 2.05) is 48.5 Å². The van der Waals surface area contributed by atoms with E-state index < -0.39 is 6.10 Å². The molecule has 0 saturated heterocycles. The van der Waals surface area contributed by atoms with Crippen molar-refractivity contribution in [3.8, 4) is 0 Å². The molecule has 0 heterocycles. The third-order valence-corrected chi connectivity index (χ3v) is 3.39. The molecular formula is C17H21NO. The number of rotatable bonds is 6. The number of aryl methyl sites for hydroxylation is 1. The highest BCUT2D eigenvalue weighted by atomic mass is 16.3. The van der Waals surface area contributed by atoms with E-state index in [1.165, 1.54) is 5.56 Å². The molecule has 2 heteroatoms. The summed E-state index contributed by atoms with van der Waals surface area (Å²) in [5.74, 6) is 0. The quantitative estimate of drug-likeness (QED) is 0.833. The molecule has 0 bridgehead atoms. The van der Waals surface area contributed by atoms with Crippen LogP contribution in [0, 0.1) is 0 Å². The molecule has 0 aliphatic rings. The number of hydrogen-bond acceptors (Lipinski definition) is 2. The monoisotopic (exact) mass is 255 g/mol. The summed E-state index contributed by atoms with van der Waals surface area (Å²) >= 11 is 0. The van der Waals surface area contributed by atoms with Crippen molar-refractivity contribution in [2.24, 2.45) is 5.73 Å². The summed E-state index contributed by atoms with van der Waals surface area (Å²) in [5, 5.41) is 10.1. The van der Waals surface area contributed by atoms with Gasteiger partial charge in [0.15, 0.2) is 0 Å². The molecule has 2 rings (SSSR count). The molecule has 2 unspecified atom stereocenters. The Balaban J connectivity index is 1.81. The predicted molar refractivity (Wildman–Crippen MR) is 78.9 cm³/mol. The van der Waals surface area contributed by atoms with Gasteiger partial charge < -0.3 is 10.8 Å². The van der Waals surface area contributed by atoms with Crippen LogP contribution in [0.4, 0.5) is 0 Å². The minimum Gasteiger partial charge on any atom is -0.391 e. The molecule has 19 heavy (non-hydrogen) atoms. The molecule has 100 valence electrons. The SMILES string of the molecule is NC(CCc1ccccc1)C(O)Cc1ccccc1. The van der Waals surface area contributed by atoms with Crippen LogP contribution in [0.3, 0.4) is 0 Å². The maximum atomic E-state index is 10.1. The van der Waals surface area contributed by atoms with Crippen LogP contribution in [-0.2, 0) is 12.8 Å². The van der Waals surface area contributed by atoms with Gasteiger partial charge in [-0.2, -0.15) is 0 Å². The van der Waals surface area contributed by atoms with Crippen LogP contribution in [0.25, 0.3) is 0 Å². The topological polar surface area (TPSA) is 46.2 Å². The Morgan fingerprint density at radius 2 is 1.37 bits per heavy atom. The van der Waals surface area contributed by atoms with E-state index in [0.717, 1.165) is 18.4 Å². The Morgan fingerprint density at radius 1 is 0.842 bits per heavy atom. The smallest absolute Gasteiger partial charge is 0.0731 e. The summed E-state index contributed by atoms with van der Waals surface area (Å²) in [6, 6.07) is 20.1. The van der Waals surface area contributed by atoms with Gasteiger partial charge in [0.25, 0.3) is 0 Å². The Kier molecular flexibility index (Phi) is 5.13. The van der Waals surface area contributed by atoms with Crippen LogP contribution >= 0.6 is 0 Å². The van der Waals surface area contributed by atoms with Crippen LogP contribution in [0.1, 0.15) is 17.5 Å². The fourth-order valence-electron chi connectivity index (χ4n) is 2.18. The second-order valence-corrected chi connectivity index (χ2v) is 4.95. The summed E-state index contributed by atoms with van der Waals surface area (Å²) in [7, 11) is 0. The van der Waals surface area contributed by atoms with Crippen molar-refractivity contribution in [1.29, 1.82) is 0 Å². The molecule has 2 atom stereocenters. The van der Waals surface area contributed by atoms with Gasteiger partial charge in [-0.3, -0.25) is 0 Å². The van der Waals surface area contributed by atoms with Gasteiger partial charge in [0.1, 0.15) is 0 Å².